The number of rotatable bonds is 3. The van der Waals surface area contributed by atoms with Crippen LogP contribution < -0.4 is 5.32 Å². The van der Waals surface area contributed by atoms with Gasteiger partial charge in [0.1, 0.15) is 0 Å². The van der Waals surface area contributed by atoms with E-state index in [0.29, 0.717) is 6.04 Å². The summed E-state index contributed by atoms with van der Waals surface area (Å²) in [4.78, 5) is 8.87. The van der Waals surface area contributed by atoms with Gasteiger partial charge in [-0.25, -0.2) is 4.98 Å². The van der Waals surface area contributed by atoms with Crippen molar-refractivity contribution in [3.8, 4) is 0 Å². The first-order chi connectivity index (χ1) is 8.35. The summed E-state index contributed by atoms with van der Waals surface area (Å²) in [5.74, 6) is 0. The SMILES string of the molecule is CCN1CCc2nc(CC3CCCN3)sc2C1. The lowest BCUT2D eigenvalue weighted by atomic mass is 10.1. The molecule has 2 aliphatic rings. The Morgan fingerprint density at radius 2 is 2.47 bits per heavy atom. The minimum absolute atomic E-state index is 0.685. The molecule has 0 saturated carbocycles. The van der Waals surface area contributed by atoms with Crippen LogP contribution in [0.5, 0.6) is 0 Å². The normalized spacial score (nSPS) is 25.1. The van der Waals surface area contributed by atoms with Crippen LogP contribution in [-0.2, 0) is 19.4 Å². The zero-order valence-electron chi connectivity index (χ0n) is 10.5. The van der Waals surface area contributed by atoms with Crippen molar-refractivity contribution in [1.82, 2.24) is 15.2 Å². The Labute approximate surface area is 107 Å². The maximum atomic E-state index is 4.83. The molecular weight excluding hydrogens is 230 g/mol. The van der Waals surface area contributed by atoms with Crippen LogP contribution in [-0.4, -0.2) is 35.6 Å². The number of nitrogens with zero attached hydrogens (tertiary/aromatic N) is 2. The molecule has 0 radical (unpaired) electrons. The molecule has 1 aromatic rings. The van der Waals surface area contributed by atoms with E-state index in [0.717, 1.165) is 25.9 Å². The molecule has 1 aromatic heterocycles. The van der Waals surface area contributed by atoms with Gasteiger partial charge in [0.25, 0.3) is 0 Å². The first-order valence-corrected chi connectivity index (χ1v) is 7.60. The molecule has 0 aliphatic carbocycles. The van der Waals surface area contributed by atoms with Crippen LogP contribution in [0.25, 0.3) is 0 Å². The molecule has 0 spiro atoms. The van der Waals surface area contributed by atoms with Gasteiger partial charge in [0, 0.05) is 36.9 Å². The van der Waals surface area contributed by atoms with Gasteiger partial charge in [0.2, 0.25) is 0 Å². The Morgan fingerprint density at radius 1 is 1.53 bits per heavy atom. The van der Waals surface area contributed by atoms with Crippen LogP contribution in [0.2, 0.25) is 0 Å². The van der Waals surface area contributed by atoms with Crippen LogP contribution >= 0.6 is 11.3 Å². The molecule has 1 saturated heterocycles. The van der Waals surface area contributed by atoms with E-state index in [2.05, 4.69) is 17.1 Å². The lowest BCUT2D eigenvalue weighted by Crippen LogP contribution is -2.29. The van der Waals surface area contributed by atoms with Gasteiger partial charge in [0.05, 0.1) is 10.7 Å². The van der Waals surface area contributed by atoms with Crippen LogP contribution in [0, 0.1) is 0 Å². The van der Waals surface area contributed by atoms with E-state index in [1.165, 1.54) is 41.5 Å². The first-order valence-electron chi connectivity index (χ1n) is 6.78. The highest BCUT2D eigenvalue weighted by Crippen LogP contribution is 2.26. The Kier molecular flexibility index (Phi) is 3.45. The van der Waals surface area contributed by atoms with E-state index in [4.69, 9.17) is 4.98 Å². The molecule has 3 nitrogen and oxygen atoms in total. The van der Waals surface area contributed by atoms with Crippen molar-refractivity contribution in [3.05, 3.63) is 15.6 Å². The van der Waals surface area contributed by atoms with Gasteiger partial charge in [-0.05, 0) is 25.9 Å². The molecule has 3 rings (SSSR count). The van der Waals surface area contributed by atoms with Crippen molar-refractivity contribution in [2.45, 2.75) is 45.2 Å². The Morgan fingerprint density at radius 3 is 3.24 bits per heavy atom. The van der Waals surface area contributed by atoms with E-state index >= 15 is 0 Å². The van der Waals surface area contributed by atoms with Gasteiger partial charge in [0.15, 0.2) is 0 Å². The molecule has 3 heterocycles. The number of likely N-dealkylation sites (N-methyl/N-ethyl adjacent to an activating group) is 1. The third-order valence-corrected chi connectivity index (χ3v) is 4.99. The molecule has 4 heteroatoms. The summed E-state index contributed by atoms with van der Waals surface area (Å²) >= 11 is 1.95. The maximum absolute atomic E-state index is 4.83. The maximum Gasteiger partial charge on any atom is 0.0947 e. The van der Waals surface area contributed by atoms with Crippen molar-refractivity contribution in [1.29, 1.82) is 0 Å². The summed E-state index contributed by atoms with van der Waals surface area (Å²) in [6, 6.07) is 0.685. The van der Waals surface area contributed by atoms with Gasteiger partial charge in [-0.3, -0.25) is 4.90 Å². The zero-order chi connectivity index (χ0) is 11.7. The number of aromatic nitrogens is 1. The highest BCUT2D eigenvalue weighted by atomic mass is 32.1. The Balaban J connectivity index is 1.69. The Hall–Kier alpha value is -0.450. The second-order valence-corrected chi connectivity index (χ2v) is 6.26. The number of fused-ring (bicyclic) bond motifs is 1. The van der Waals surface area contributed by atoms with Crippen molar-refractivity contribution < 1.29 is 0 Å². The second-order valence-electron chi connectivity index (χ2n) is 5.09. The summed E-state index contributed by atoms with van der Waals surface area (Å²) in [5, 5.41) is 4.92. The van der Waals surface area contributed by atoms with Crippen molar-refractivity contribution in [2.75, 3.05) is 19.6 Å². The third kappa shape index (κ3) is 2.54. The highest BCUT2D eigenvalue weighted by molar-refractivity contribution is 7.11. The minimum atomic E-state index is 0.685. The number of hydrogen-bond donors (Lipinski definition) is 1. The lowest BCUT2D eigenvalue weighted by molar-refractivity contribution is 0.269. The largest absolute Gasteiger partial charge is 0.314 e. The number of hydrogen-bond acceptors (Lipinski definition) is 4. The molecule has 0 amide bonds. The molecule has 0 bridgehead atoms. The quantitative estimate of drug-likeness (QED) is 0.888. The number of thiazole rings is 1. The Bertz CT molecular complexity index is 382. The minimum Gasteiger partial charge on any atom is -0.314 e. The monoisotopic (exact) mass is 251 g/mol. The second kappa shape index (κ2) is 5.04. The molecule has 94 valence electrons. The predicted octanol–water partition coefficient (Wildman–Crippen LogP) is 1.82. The fraction of sp³-hybridized carbons (Fsp3) is 0.769. The van der Waals surface area contributed by atoms with Crippen LogP contribution in [0.1, 0.15) is 35.3 Å². The highest BCUT2D eigenvalue weighted by Gasteiger charge is 2.22. The van der Waals surface area contributed by atoms with Crippen LogP contribution in [0.15, 0.2) is 0 Å². The summed E-state index contributed by atoms with van der Waals surface area (Å²) in [7, 11) is 0. The van der Waals surface area contributed by atoms with E-state index < -0.39 is 0 Å². The lowest BCUT2D eigenvalue weighted by Gasteiger charge is -2.23. The topological polar surface area (TPSA) is 28.2 Å². The summed E-state index contributed by atoms with van der Waals surface area (Å²) in [6.45, 7) is 6.92. The molecule has 17 heavy (non-hydrogen) atoms. The van der Waals surface area contributed by atoms with Crippen LogP contribution in [0.3, 0.4) is 0 Å². The third-order valence-electron chi connectivity index (χ3n) is 3.89. The van der Waals surface area contributed by atoms with Crippen LogP contribution in [0.4, 0.5) is 0 Å². The average molecular weight is 251 g/mol. The standard InChI is InChI=1S/C13H21N3S/c1-2-16-7-5-11-12(9-16)17-13(15-11)8-10-4-3-6-14-10/h10,14H,2-9H2,1H3. The smallest absolute Gasteiger partial charge is 0.0947 e. The fourth-order valence-corrected chi connectivity index (χ4v) is 4.04. The van der Waals surface area contributed by atoms with Crippen molar-refractivity contribution >= 4 is 11.3 Å². The van der Waals surface area contributed by atoms with Gasteiger partial charge in [-0.2, -0.15) is 0 Å². The fourth-order valence-electron chi connectivity index (χ4n) is 2.80. The van der Waals surface area contributed by atoms with Gasteiger partial charge < -0.3 is 5.32 Å². The first kappa shape index (κ1) is 11.6. The van der Waals surface area contributed by atoms with Gasteiger partial charge >= 0.3 is 0 Å². The molecular formula is C13H21N3S. The van der Waals surface area contributed by atoms with Crippen molar-refractivity contribution in [3.63, 3.8) is 0 Å². The van der Waals surface area contributed by atoms with E-state index in [-0.39, 0.29) is 0 Å². The molecule has 1 atom stereocenters. The van der Waals surface area contributed by atoms with E-state index in [1.807, 2.05) is 11.3 Å². The molecule has 0 aromatic carbocycles. The van der Waals surface area contributed by atoms with E-state index in [1.54, 1.807) is 0 Å². The van der Waals surface area contributed by atoms with Crippen molar-refractivity contribution in [2.24, 2.45) is 0 Å². The molecule has 1 unspecified atom stereocenters. The molecule has 1 N–H and O–H groups in total. The predicted molar refractivity (Wildman–Crippen MR) is 71.5 cm³/mol. The van der Waals surface area contributed by atoms with Gasteiger partial charge in [-0.15, -0.1) is 11.3 Å². The molecule has 2 aliphatic heterocycles. The van der Waals surface area contributed by atoms with E-state index in [9.17, 15) is 0 Å². The summed E-state index contributed by atoms with van der Waals surface area (Å²) < 4.78 is 0. The summed E-state index contributed by atoms with van der Waals surface area (Å²) in [6.07, 6.45) is 4.95. The van der Waals surface area contributed by atoms with Gasteiger partial charge in [-0.1, -0.05) is 6.92 Å². The number of nitrogens with one attached hydrogen (secondary N) is 1. The zero-order valence-corrected chi connectivity index (χ0v) is 11.4. The average Bonchev–Trinajstić information content (AvgIpc) is 2.96. The summed E-state index contributed by atoms with van der Waals surface area (Å²) in [5.41, 5.74) is 1.38. The molecule has 1 fully saturated rings.